The molecule has 0 amide bonds. The predicted molar refractivity (Wildman–Crippen MR) is 112 cm³/mol. The number of nitrogens with two attached hydrogens (primary N) is 1. The fourth-order valence-corrected chi connectivity index (χ4v) is 3.76. The van der Waals surface area contributed by atoms with Crippen molar-refractivity contribution in [1.82, 2.24) is 14.5 Å². The van der Waals surface area contributed by atoms with Gasteiger partial charge in [-0.3, -0.25) is 4.98 Å². The minimum atomic E-state index is 0.686. The van der Waals surface area contributed by atoms with Crippen molar-refractivity contribution in [2.45, 2.75) is 27.3 Å². The third kappa shape index (κ3) is 2.96. The number of hydrogen-bond acceptors (Lipinski definition) is 3. The number of fused-ring (bicyclic) bond motifs is 1. The number of aromatic nitrogens is 3. The SMILES string of the molecule is Cc1c(-c2cccc(Cl)c2)nc2c(c(C)c(C)n2Cc2cccnc2)c1N. The number of nitrogens with zero attached hydrogens (tertiary/aromatic N) is 3. The molecule has 3 heterocycles. The highest BCUT2D eigenvalue weighted by molar-refractivity contribution is 6.30. The van der Waals surface area contributed by atoms with Crippen molar-refractivity contribution in [3.05, 3.63) is 76.2 Å². The first-order valence-corrected chi connectivity index (χ1v) is 9.25. The van der Waals surface area contributed by atoms with Crippen molar-refractivity contribution < 1.29 is 0 Å². The summed E-state index contributed by atoms with van der Waals surface area (Å²) in [6.07, 6.45) is 3.67. The zero-order chi connectivity index (χ0) is 19.1. The molecule has 0 aliphatic rings. The van der Waals surface area contributed by atoms with Crippen molar-refractivity contribution in [2.75, 3.05) is 5.73 Å². The smallest absolute Gasteiger partial charge is 0.143 e. The number of pyridine rings is 2. The number of benzene rings is 1. The van der Waals surface area contributed by atoms with E-state index < -0.39 is 0 Å². The Bertz CT molecular complexity index is 1150. The lowest BCUT2D eigenvalue weighted by Gasteiger charge is -2.12. The topological polar surface area (TPSA) is 56.7 Å². The van der Waals surface area contributed by atoms with Crippen LogP contribution < -0.4 is 5.73 Å². The maximum absolute atomic E-state index is 6.57. The summed E-state index contributed by atoms with van der Waals surface area (Å²) in [7, 11) is 0. The zero-order valence-corrected chi connectivity index (χ0v) is 16.4. The van der Waals surface area contributed by atoms with Crippen molar-refractivity contribution >= 4 is 28.3 Å². The lowest BCUT2D eigenvalue weighted by Crippen LogP contribution is -2.05. The van der Waals surface area contributed by atoms with Crippen molar-refractivity contribution in [1.29, 1.82) is 0 Å². The lowest BCUT2D eigenvalue weighted by molar-refractivity contribution is 0.787. The number of hydrogen-bond donors (Lipinski definition) is 1. The number of aryl methyl sites for hydroxylation is 1. The highest BCUT2D eigenvalue weighted by Gasteiger charge is 2.19. The van der Waals surface area contributed by atoms with Crippen LogP contribution in [0.2, 0.25) is 5.02 Å². The Balaban J connectivity index is 1.98. The average molecular weight is 377 g/mol. The van der Waals surface area contributed by atoms with Gasteiger partial charge in [-0.1, -0.05) is 29.8 Å². The Morgan fingerprint density at radius 2 is 1.89 bits per heavy atom. The van der Waals surface area contributed by atoms with E-state index in [-0.39, 0.29) is 0 Å². The van der Waals surface area contributed by atoms with Crippen LogP contribution in [0.15, 0.2) is 48.8 Å². The Morgan fingerprint density at radius 1 is 1.07 bits per heavy atom. The molecule has 4 nitrogen and oxygen atoms in total. The van der Waals surface area contributed by atoms with E-state index >= 15 is 0 Å². The van der Waals surface area contributed by atoms with E-state index in [9.17, 15) is 0 Å². The van der Waals surface area contributed by atoms with Gasteiger partial charge >= 0.3 is 0 Å². The summed E-state index contributed by atoms with van der Waals surface area (Å²) in [5.41, 5.74) is 14.5. The lowest BCUT2D eigenvalue weighted by atomic mass is 10.0. The van der Waals surface area contributed by atoms with E-state index in [4.69, 9.17) is 22.3 Å². The Kier molecular flexibility index (Phi) is 4.36. The van der Waals surface area contributed by atoms with E-state index in [1.54, 1.807) is 6.20 Å². The molecule has 27 heavy (non-hydrogen) atoms. The van der Waals surface area contributed by atoms with Crippen LogP contribution in [0.25, 0.3) is 22.3 Å². The average Bonchev–Trinajstić information content (AvgIpc) is 2.90. The molecular formula is C22H21ClN4. The molecule has 0 unspecified atom stereocenters. The Morgan fingerprint density at radius 3 is 2.59 bits per heavy atom. The van der Waals surface area contributed by atoms with Gasteiger partial charge in [-0.05, 0) is 55.7 Å². The maximum atomic E-state index is 6.57. The summed E-state index contributed by atoms with van der Waals surface area (Å²) in [4.78, 5) is 9.26. The third-order valence-electron chi connectivity index (χ3n) is 5.21. The molecule has 0 saturated heterocycles. The standard InChI is InChI=1S/C22H21ClN4/c1-13-15(3)27(12-16-6-5-9-25-11-16)22-19(13)20(24)14(2)21(26-22)17-7-4-8-18(23)10-17/h4-11H,12H2,1-3H3,(H2,24,26). The first-order chi connectivity index (χ1) is 13.0. The van der Waals surface area contributed by atoms with Crippen molar-refractivity contribution in [3.63, 3.8) is 0 Å². The minimum absolute atomic E-state index is 0.686. The van der Waals surface area contributed by atoms with Gasteiger partial charge < -0.3 is 10.3 Å². The monoisotopic (exact) mass is 376 g/mol. The summed E-state index contributed by atoms with van der Waals surface area (Å²) < 4.78 is 2.21. The van der Waals surface area contributed by atoms with Crippen LogP contribution in [0.3, 0.4) is 0 Å². The molecular weight excluding hydrogens is 356 g/mol. The van der Waals surface area contributed by atoms with E-state index in [2.05, 4.69) is 29.5 Å². The summed E-state index contributed by atoms with van der Waals surface area (Å²) in [6.45, 7) is 6.94. The fourth-order valence-electron chi connectivity index (χ4n) is 3.57. The molecule has 0 radical (unpaired) electrons. The van der Waals surface area contributed by atoms with Gasteiger partial charge in [0, 0.05) is 39.7 Å². The van der Waals surface area contributed by atoms with Crippen molar-refractivity contribution in [2.24, 2.45) is 0 Å². The second-order valence-electron chi connectivity index (χ2n) is 6.87. The quantitative estimate of drug-likeness (QED) is 0.527. The van der Waals surface area contributed by atoms with E-state index in [0.29, 0.717) is 11.6 Å². The fraction of sp³-hybridized carbons (Fsp3) is 0.182. The Labute approximate surface area is 163 Å². The second kappa shape index (κ2) is 6.71. The molecule has 0 aliphatic heterocycles. The highest BCUT2D eigenvalue weighted by Crippen LogP contribution is 2.36. The van der Waals surface area contributed by atoms with E-state index in [1.165, 1.54) is 5.56 Å². The molecule has 2 N–H and O–H groups in total. The Hall–Kier alpha value is -2.85. The molecule has 0 atom stereocenters. The molecule has 0 bridgehead atoms. The van der Waals surface area contributed by atoms with Crippen LogP contribution in [-0.4, -0.2) is 14.5 Å². The normalized spacial score (nSPS) is 11.3. The highest BCUT2D eigenvalue weighted by atomic mass is 35.5. The van der Waals surface area contributed by atoms with Crippen molar-refractivity contribution in [3.8, 4) is 11.3 Å². The van der Waals surface area contributed by atoms with E-state index in [0.717, 1.165) is 44.8 Å². The first kappa shape index (κ1) is 17.6. The number of rotatable bonds is 3. The van der Waals surface area contributed by atoms with Gasteiger partial charge in [-0.2, -0.15) is 0 Å². The van der Waals surface area contributed by atoms with Gasteiger partial charge in [0.25, 0.3) is 0 Å². The summed E-state index contributed by atoms with van der Waals surface area (Å²) in [5, 5.41) is 1.71. The van der Waals surface area contributed by atoms with Gasteiger partial charge in [-0.15, -0.1) is 0 Å². The second-order valence-corrected chi connectivity index (χ2v) is 7.30. The summed E-state index contributed by atoms with van der Waals surface area (Å²) >= 11 is 6.20. The van der Waals surface area contributed by atoms with Crippen LogP contribution in [0.1, 0.15) is 22.4 Å². The van der Waals surface area contributed by atoms with Gasteiger partial charge in [0.15, 0.2) is 0 Å². The number of nitrogen functional groups attached to an aromatic ring is 1. The minimum Gasteiger partial charge on any atom is -0.398 e. The largest absolute Gasteiger partial charge is 0.398 e. The van der Waals surface area contributed by atoms with Crippen LogP contribution >= 0.6 is 11.6 Å². The molecule has 0 saturated carbocycles. The predicted octanol–water partition coefficient (Wildman–Crippen LogP) is 5.31. The first-order valence-electron chi connectivity index (χ1n) is 8.87. The molecule has 1 aromatic carbocycles. The van der Waals surface area contributed by atoms with Crippen LogP contribution in [0, 0.1) is 20.8 Å². The van der Waals surface area contributed by atoms with Crippen LogP contribution in [0.4, 0.5) is 5.69 Å². The molecule has 0 fully saturated rings. The number of anilines is 1. The number of halogens is 1. The molecule has 0 spiro atoms. The molecule has 3 aromatic heterocycles. The van der Waals surface area contributed by atoms with Gasteiger partial charge in [0.2, 0.25) is 0 Å². The van der Waals surface area contributed by atoms with Crippen LogP contribution in [-0.2, 0) is 6.54 Å². The van der Waals surface area contributed by atoms with Gasteiger partial charge in [0.05, 0.1) is 12.2 Å². The molecule has 4 aromatic rings. The zero-order valence-electron chi connectivity index (χ0n) is 15.6. The van der Waals surface area contributed by atoms with Crippen LogP contribution in [0.5, 0.6) is 0 Å². The summed E-state index contributed by atoms with van der Waals surface area (Å²) in [5.74, 6) is 0. The van der Waals surface area contributed by atoms with Gasteiger partial charge in [0.1, 0.15) is 5.65 Å². The van der Waals surface area contributed by atoms with E-state index in [1.807, 2.05) is 43.5 Å². The molecule has 4 rings (SSSR count). The maximum Gasteiger partial charge on any atom is 0.143 e. The summed E-state index contributed by atoms with van der Waals surface area (Å²) in [6, 6.07) is 11.8. The third-order valence-corrected chi connectivity index (χ3v) is 5.44. The molecule has 0 aliphatic carbocycles. The molecule has 5 heteroatoms. The van der Waals surface area contributed by atoms with Gasteiger partial charge in [-0.25, -0.2) is 4.98 Å². The molecule has 136 valence electrons.